The summed E-state index contributed by atoms with van der Waals surface area (Å²) >= 11 is 5.38. The number of rotatable bonds is 5. The first kappa shape index (κ1) is 16.2. The number of halogens is 1. The molecule has 0 bridgehead atoms. The fraction of sp³-hybridized carbons (Fsp3) is 0.900. The molecule has 0 aliphatic rings. The molecule has 3 nitrogen and oxygen atoms in total. The average molecular weight is 224 g/mol. The van der Waals surface area contributed by atoms with Crippen molar-refractivity contribution in [3.05, 3.63) is 0 Å². The van der Waals surface area contributed by atoms with E-state index in [-0.39, 0.29) is 6.04 Å². The molecule has 86 valence electrons. The fourth-order valence-corrected chi connectivity index (χ4v) is 0.754. The number of hydrogen-bond donors (Lipinski definition) is 1. The number of hydrogen-bond acceptors (Lipinski definition) is 2. The van der Waals surface area contributed by atoms with Crippen LogP contribution in [0, 0.1) is 0 Å². The Morgan fingerprint density at radius 1 is 1.43 bits per heavy atom. The standard InChI is InChI=1S/C5H11Cl.C5H11NO2/c1-2-3-4-5-6;1-4(5(7)8)6(2)3/h2-5H2,1H3;4H,1-3H3,(H,7,8). The van der Waals surface area contributed by atoms with Crippen LogP contribution < -0.4 is 0 Å². The van der Waals surface area contributed by atoms with E-state index in [4.69, 9.17) is 16.7 Å². The molecule has 0 aliphatic heterocycles. The van der Waals surface area contributed by atoms with Crippen LogP contribution in [0.1, 0.15) is 33.1 Å². The normalized spacial score (nSPS) is 11.9. The van der Waals surface area contributed by atoms with Crippen LogP contribution in [0.15, 0.2) is 0 Å². The molecule has 14 heavy (non-hydrogen) atoms. The number of unbranched alkanes of at least 4 members (excludes halogenated alkanes) is 2. The number of nitrogens with zero attached hydrogens (tertiary/aromatic N) is 1. The molecule has 0 aliphatic carbocycles. The maximum atomic E-state index is 10.1. The molecule has 0 spiro atoms. The molecule has 1 atom stereocenters. The second-order valence-electron chi connectivity index (χ2n) is 3.37. The number of likely N-dealkylation sites (N-methyl/N-ethyl adjacent to an activating group) is 1. The molecule has 1 unspecified atom stereocenters. The van der Waals surface area contributed by atoms with Crippen molar-refractivity contribution in [2.24, 2.45) is 0 Å². The Hall–Kier alpha value is -0.280. The van der Waals surface area contributed by atoms with Gasteiger partial charge in [-0.05, 0) is 27.4 Å². The average Bonchev–Trinajstić information content (AvgIpc) is 2.14. The largest absolute Gasteiger partial charge is 0.480 e. The summed E-state index contributed by atoms with van der Waals surface area (Å²) in [6, 6.07) is -0.380. The van der Waals surface area contributed by atoms with Crippen LogP contribution in [0.4, 0.5) is 0 Å². The Bertz CT molecular complexity index is 136. The fourth-order valence-electron chi connectivity index (χ4n) is 0.565. The van der Waals surface area contributed by atoms with E-state index in [1.807, 2.05) is 0 Å². The Balaban J connectivity index is 0. The number of alkyl halides is 1. The highest BCUT2D eigenvalue weighted by molar-refractivity contribution is 6.17. The van der Waals surface area contributed by atoms with Gasteiger partial charge >= 0.3 is 5.97 Å². The molecule has 0 aromatic rings. The monoisotopic (exact) mass is 223 g/mol. The van der Waals surface area contributed by atoms with E-state index in [1.54, 1.807) is 25.9 Å². The molecule has 0 saturated heterocycles. The van der Waals surface area contributed by atoms with Gasteiger partial charge < -0.3 is 5.11 Å². The Labute approximate surface area is 92.0 Å². The molecule has 0 aromatic heterocycles. The van der Waals surface area contributed by atoms with E-state index in [9.17, 15) is 4.79 Å². The van der Waals surface area contributed by atoms with Crippen LogP contribution in [0.2, 0.25) is 0 Å². The quantitative estimate of drug-likeness (QED) is 0.575. The van der Waals surface area contributed by atoms with E-state index < -0.39 is 5.97 Å². The Kier molecular flexibility index (Phi) is 12.5. The minimum Gasteiger partial charge on any atom is -0.480 e. The van der Waals surface area contributed by atoms with Crippen LogP contribution in [0.25, 0.3) is 0 Å². The third-order valence-corrected chi connectivity index (χ3v) is 2.14. The summed E-state index contributed by atoms with van der Waals surface area (Å²) < 4.78 is 0. The number of aliphatic carboxylic acids is 1. The van der Waals surface area contributed by atoms with Crippen molar-refractivity contribution in [3.63, 3.8) is 0 Å². The van der Waals surface area contributed by atoms with Gasteiger partial charge in [0.05, 0.1) is 0 Å². The first-order chi connectivity index (χ1) is 6.47. The molecule has 0 heterocycles. The Morgan fingerprint density at radius 3 is 2.00 bits per heavy atom. The zero-order chi connectivity index (χ0) is 11.6. The molecular formula is C10H22ClNO2. The summed E-state index contributed by atoms with van der Waals surface area (Å²) in [5, 5.41) is 8.31. The van der Waals surface area contributed by atoms with Gasteiger partial charge in [0.1, 0.15) is 6.04 Å². The lowest BCUT2D eigenvalue weighted by Gasteiger charge is -2.13. The highest BCUT2D eigenvalue weighted by Crippen LogP contribution is 1.93. The zero-order valence-corrected chi connectivity index (χ0v) is 10.3. The highest BCUT2D eigenvalue weighted by Gasteiger charge is 2.11. The third-order valence-electron chi connectivity index (χ3n) is 1.87. The summed E-state index contributed by atoms with van der Waals surface area (Å²) in [5.74, 6) is 0.0448. The molecule has 0 saturated carbocycles. The maximum Gasteiger partial charge on any atom is 0.320 e. The molecule has 1 N–H and O–H groups in total. The first-order valence-corrected chi connectivity index (χ1v) is 5.46. The van der Waals surface area contributed by atoms with Gasteiger partial charge in [-0.2, -0.15) is 0 Å². The molecular weight excluding hydrogens is 202 g/mol. The van der Waals surface area contributed by atoms with Crippen molar-refractivity contribution in [1.29, 1.82) is 0 Å². The van der Waals surface area contributed by atoms with Gasteiger partial charge in [0.15, 0.2) is 0 Å². The van der Waals surface area contributed by atoms with E-state index in [2.05, 4.69) is 6.92 Å². The topological polar surface area (TPSA) is 40.5 Å². The lowest BCUT2D eigenvalue weighted by molar-refractivity contribution is -0.141. The predicted molar refractivity (Wildman–Crippen MR) is 61.0 cm³/mol. The summed E-state index contributed by atoms with van der Waals surface area (Å²) in [4.78, 5) is 11.7. The van der Waals surface area contributed by atoms with Gasteiger partial charge in [-0.3, -0.25) is 9.69 Å². The van der Waals surface area contributed by atoms with Gasteiger partial charge in [-0.15, -0.1) is 11.6 Å². The lowest BCUT2D eigenvalue weighted by atomic mass is 10.3. The molecule has 0 aromatic carbocycles. The van der Waals surface area contributed by atoms with Gasteiger partial charge in [-0.1, -0.05) is 19.8 Å². The molecule has 0 rings (SSSR count). The number of carbonyl (C=O) groups is 1. The summed E-state index contributed by atoms with van der Waals surface area (Å²) in [7, 11) is 3.47. The molecule has 0 radical (unpaired) electrons. The molecule has 0 amide bonds. The molecule has 0 fully saturated rings. The smallest absolute Gasteiger partial charge is 0.320 e. The minimum atomic E-state index is -0.782. The number of carboxylic acid groups (broad SMARTS) is 1. The maximum absolute atomic E-state index is 10.1. The summed E-state index contributed by atoms with van der Waals surface area (Å²) in [5.41, 5.74) is 0. The van der Waals surface area contributed by atoms with E-state index in [0.717, 1.165) is 5.88 Å². The van der Waals surface area contributed by atoms with E-state index >= 15 is 0 Å². The second kappa shape index (κ2) is 10.8. The SMILES string of the molecule is CC(C(=O)O)N(C)C.CCCCCCl. The van der Waals surface area contributed by atoms with Crippen LogP contribution in [-0.4, -0.2) is 42.0 Å². The van der Waals surface area contributed by atoms with Crippen molar-refractivity contribution >= 4 is 17.6 Å². The van der Waals surface area contributed by atoms with Gasteiger partial charge in [0.2, 0.25) is 0 Å². The van der Waals surface area contributed by atoms with Crippen molar-refractivity contribution in [1.82, 2.24) is 4.90 Å². The van der Waals surface area contributed by atoms with Gasteiger partial charge in [0.25, 0.3) is 0 Å². The van der Waals surface area contributed by atoms with Crippen molar-refractivity contribution in [2.75, 3.05) is 20.0 Å². The lowest BCUT2D eigenvalue weighted by Crippen LogP contribution is -2.32. The summed E-state index contributed by atoms with van der Waals surface area (Å²) in [6.45, 7) is 3.81. The van der Waals surface area contributed by atoms with Crippen molar-refractivity contribution < 1.29 is 9.90 Å². The van der Waals surface area contributed by atoms with Crippen LogP contribution in [0.5, 0.6) is 0 Å². The minimum absolute atomic E-state index is 0.380. The van der Waals surface area contributed by atoms with Crippen molar-refractivity contribution in [3.8, 4) is 0 Å². The van der Waals surface area contributed by atoms with Gasteiger partial charge in [0, 0.05) is 5.88 Å². The van der Waals surface area contributed by atoms with Gasteiger partial charge in [-0.25, -0.2) is 0 Å². The third kappa shape index (κ3) is 11.7. The van der Waals surface area contributed by atoms with Crippen LogP contribution >= 0.6 is 11.6 Å². The van der Waals surface area contributed by atoms with Crippen LogP contribution in [-0.2, 0) is 4.79 Å². The highest BCUT2D eigenvalue weighted by atomic mass is 35.5. The second-order valence-corrected chi connectivity index (χ2v) is 3.75. The first-order valence-electron chi connectivity index (χ1n) is 4.92. The van der Waals surface area contributed by atoms with Crippen LogP contribution in [0.3, 0.4) is 0 Å². The molecule has 4 heteroatoms. The van der Waals surface area contributed by atoms with E-state index in [0.29, 0.717) is 0 Å². The van der Waals surface area contributed by atoms with E-state index in [1.165, 1.54) is 19.3 Å². The number of carboxylic acids is 1. The van der Waals surface area contributed by atoms with Crippen molar-refractivity contribution in [2.45, 2.75) is 39.2 Å². The summed E-state index contributed by atoms with van der Waals surface area (Å²) in [6.07, 6.45) is 3.73. The predicted octanol–water partition coefficient (Wildman–Crippen LogP) is 2.44. The Morgan fingerprint density at radius 2 is 1.93 bits per heavy atom. The zero-order valence-electron chi connectivity index (χ0n) is 9.59.